The van der Waals surface area contributed by atoms with E-state index in [2.05, 4.69) is 35.0 Å². The summed E-state index contributed by atoms with van der Waals surface area (Å²) in [5, 5.41) is 2.81. The molecule has 1 heterocycles. The number of para-hydroxylation sites is 2. The first-order valence-electron chi connectivity index (χ1n) is 11.8. The van der Waals surface area contributed by atoms with Gasteiger partial charge in [0.05, 0.1) is 23.2 Å². The van der Waals surface area contributed by atoms with Gasteiger partial charge >= 0.3 is 0 Å². The Balaban J connectivity index is 1.32. The lowest BCUT2D eigenvalue weighted by Crippen LogP contribution is -2.25. The molecule has 0 unspecified atom stereocenters. The first-order chi connectivity index (χ1) is 16.7. The third kappa shape index (κ3) is 5.81. The molecule has 0 aliphatic carbocycles. The van der Waals surface area contributed by atoms with Gasteiger partial charge in [-0.05, 0) is 61.2 Å². The first-order valence-corrected chi connectivity index (χ1v) is 11.8. The summed E-state index contributed by atoms with van der Waals surface area (Å²) in [4.78, 5) is 17.0. The third-order valence-electron chi connectivity index (χ3n) is 5.84. The Labute approximate surface area is 199 Å². The van der Waals surface area contributed by atoms with E-state index in [0.29, 0.717) is 26.0 Å². The van der Waals surface area contributed by atoms with Crippen LogP contribution < -0.4 is 10.1 Å². The van der Waals surface area contributed by atoms with E-state index < -0.39 is 11.7 Å². The smallest absolute Gasteiger partial charge is 0.254 e. The van der Waals surface area contributed by atoms with E-state index in [9.17, 15) is 9.18 Å². The van der Waals surface area contributed by atoms with Crippen LogP contribution in [0.5, 0.6) is 5.75 Å². The molecule has 0 radical (unpaired) electrons. The van der Waals surface area contributed by atoms with Crippen LogP contribution in [-0.4, -0.2) is 28.6 Å². The molecular weight excluding hydrogens is 429 g/mol. The van der Waals surface area contributed by atoms with Crippen molar-refractivity contribution in [3.63, 3.8) is 0 Å². The van der Waals surface area contributed by atoms with Gasteiger partial charge < -0.3 is 14.6 Å². The van der Waals surface area contributed by atoms with Gasteiger partial charge in [-0.15, -0.1) is 0 Å². The summed E-state index contributed by atoms with van der Waals surface area (Å²) in [7, 11) is 0. The molecule has 1 aromatic heterocycles. The number of nitrogens with one attached hydrogen (secondary N) is 1. The van der Waals surface area contributed by atoms with Gasteiger partial charge in [0.2, 0.25) is 0 Å². The molecular formula is C28H30FN3O2. The van der Waals surface area contributed by atoms with Crippen LogP contribution >= 0.6 is 0 Å². The maximum atomic E-state index is 13.8. The number of aromatic nitrogens is 2. The van der Waals surface area contributed by atoms with Crippen LogP contribution in [0.25, 0.3) is 11.0 Å². The summed E-state index contributed by atoms with van der Waals surface area (Å²) in [6, 6.07) is 22.4. The van der Waals surface area contributed by atoms with Crippen LogP contribution in [0.15, 0.2) is 72.8 Å². The Morgan fingerprint density at radius 3 is 2.56 bits per heavy atom. The molecule has 176 valence electrons. The molecule has 0 bridgehead atoms. The van der Waals surface area contributed by atoms with Crippen molar-refractivity contribution in [2.75, 3.05) is 13.2 Å². The molecule has 0 spiro atoms. The number of halogens is 1. The molecule has 4 rings (SSSR count). The number of hydrogen-bond donors (Lipinski definition) is 1. The molecule has 3 aromatic carbocycles. The molecule has 1 amide bonds. The van der Waals surface area contributed by atoms with Gasteiger partial charge in [-0.1, -0.05) is 43.3 Å². The van der Waals surface area contributed by atoms with Gasteiger partial charge in [0, 0.05) is 19.5 Å². The van der Waals surface area contributed by atoms with Crippen molar-refractivity contribution >= 4 is 16.9 Å². The number of benzene rings is 3. The third-order valence-corrected chi connectivity index (χ3v) is 5.84. The lowest BCUT2D eigenvalue weighted by atomic mass is 10.2. The summed E-state index contributed by atoms with van der Waals surface area (Å²) >= 11 is 0. The fraction of sp³-hybridized carbons (Fsp3) is 0.286. The highest BCUT2D eigenvalue weighted by Gasteiger charge is 2.12. The molecule has 6 heteroatoms. The van der Waals surface area contributed by atoms with Crippen LogP contribution in [0.2, 0.25) is 0 Å². The van der Waals surface area contributed by atoms with Crippen LogP contribution in [-0.2, 0) is 19.4 Å². The van der Waals surface area contributed by atoms with Gasteiger partial charge in [-0.3, -0.25) is 4.79 Å². The van der Waals surface area contributed by atoms with E-state index in [1.807, 2.05) is 30.3 Å². The molecule has 4 aromatic rings. The molecule has 0 aliphatic heterocycles. The number of rotatable bonds is 11. The predicted octanol–water partition coefficient (Wildman–Crippen LogP) is 5.57. The monoisotopic (exact) mass is 459 g/mol. The van der Waals surface area contributed by atoms with Gasteiger partial charge in [0.1, 0.15) is 17.4 Å². The molecule has 0 aliphatic rings. The number of amides is 1. The summed E-state index contributed by atoms with van der Waals surface area (Å²) in [6.07, 6.45) is 3.30. The Morgan fingerprint density at radius 1 is 1.00 bits per heavy atom. The van der Waals surface area contributed by atoms with Crippen molar-refractivity contribution in [1.29, 1.82) is 0 Å². The number of nitrogens with zero attached hydrogens (tertiary/aromatic N) is 2. The van der Waals surface area contributed by atoms with E-state index in [4.69, 9.17) is 9.72 Å². The summed E-state index contributed by atoms with van der Waals surface area (Å²) in [5.41, 5.74) is 3.43. The van der Waals surface area contributed by atoms with Gasteiger partial charge in [-0.2, -0.15) is 0 Å². The van der Waals surface area contributed by atoms with Crippen LogP contribution in [0.3, 0.4) is 0 Å². The van der Waals surface area contributed by atoms with Crippen molar-refractivity contribution in [1.82, 2.24) is 14.9 Å². The topological polar surface area (TPSA) is 56.1 Å². The van der Waals surface area contributed by atoms with Gasteiger partial charge in [0.25, 0.3) is 5.91 Å². The van der Waals surface area contributed by atoms with Gasteiger partial charge in [0.15, 0.2) is 0 Å². The fourth-order valence-corrected chi connectivity index (χ4v) is 3.99. The average molecular weight is 460 g/mol. The lowest BCUT2D eigenvalue weighted by molar-refractivity contribution is 0.0949. The zero-order valence-corrected chi connectivity index (χ0v) is 19.5. The van der Waals surface area contributed by atoms with E-state index in [-0.39, 0.29) is 5.56 Å². The second kappa shape index (κ2) is 11.5. The number of imidazole rings is 1. The number of hydrogen-bond acceptors (Lipinski definition) is 3. The fourth-order valence-electron chi connectivity index (χ4n) is 3.99. The highest BCUT2D eigenvalue weighted by Crippen LogP contribution is 2.18. The maximum absolute atomic E-state index is 13.8. The Bertz CT molecular complexity index is 1230. The summed E-state index contributed by atoms with van der Waals surface area (Å²) < 4.78 is 21.9. The number of fused-ring (bicyclic) bond motifs is 1. The average Bonchev–Trinajstić information content (AvgIpc) is 3.22. The minimum atomic E-state index is -0.509. The molecule has 34 heavy (non-hydrogen) atoms. The molecule has 0 saturated heterocycles. The Morgan fingerprint density at radius 2 is 1.76 bits per heavy atom. The van der Waals surface area contributed by atoms with Gasteiger partial charge in [-0.25, -0.2) is 9.37 Å². The van der Waals surface area contributed by atoms with E-state index in [0.717, 1.165) is 42.0 Å². The van der Waals surface area contributed by atoms with Crippen molar-refractivity contribution in [2.45, 2.75) is 39.2 Å². The lowest BCUT2D eigenvalue weighted by Gasteiger charge is -2.11. The van der Waals surface area contributed by atoms with Crippen molar-refractivity contribution < 1.29 is 13.9 Å². The number of aryl methyl sites for hydroxylation is 3. The van der Waals surface area contributed by atoms with Crippen molar-refractivity contribution in [2.24, 2.45) is 0 Å². The molecule has 0 saturated carbocycles. The minimum absolute atomic E-state index is 0.0686. The standard InChI is InChI=1S/C28H30FN3O2/c1-2-21-14-16-22(17-15-21)34-20-8-19-32-26-12-6-5-11-25(26)31-27(32)13-7-18-30-28(33)23-9-3-4-10-24(23)29/h3-6,9-12,14-17H,2,7-8,13,18-20H2,1H3,(H,30,33). The highest BCUT2D eigenvalue weighted by molar-refractivity contribution is 5.94. The van der Waals surface area contributed by atoms with E-state index >= 15 is 0 Å². The minimum Gasteiger partial charge on any atom is -0.494 e. The van der Waals surface area contributed by atoms with Crippen molar-refractivity contribution in [3.8, 4) is 5.75 Å². The molecule has 0 atom stereocenters. The zero-order chi connectivity index (χ0) is 23.8. The van der Waals surface area contributed by atoms with E-state index in [1.165, 1.54) is 17.7 Å². The Kier molecular flexibility index (Phi) is 7.91. The zero-order valence-electron chi connectivity index (χ0n) is 19.5. The van der Waals surface area contributed by atoms with Crippen LogP contribution in [0, 0.1) is 5.82 Å². The summed E-state index contributed by atoms with van der Waals surface area (Å²) in [6.45, 7) is 4.01. The number of ether oxygens (including phenoxy) is 1. The second-order valence-corrected chi connectivity index (χ2v) is 8.21. The molecule has 1 N–H and O–H groups in total. The van der Waals surface area contributed by atoms with Crippen LogP contribution in [0.4, 0.5) is 4.39 Å². The highest BCUT2D eigenvalue weighted by atomic mass is 19.1. The predicted molar refractivity (Wildman–Crippen MR) is 133 cm³/mol. The Hall–Kier alpha value is -3.67. The number of carbonyl (C=O) groups excluding carboxylic acids is 1. The summed E-state index contributed by atoms with van der Waals surface area (Å²) in [5.74, 6) is 0.966. The molecule has 0 fully saturated rings. The quantitative estimate of drug-likeness (QED) is 0.298. The first kappa shape index (κ1) is 23.5. The van der Waals surface area contributed by atoms with E-state index in [1.54, 1.807) is 12.1 Å². The second-order valence-electron chi connectivity index (χ2n) is 8.21. The van der Waals surface area contributed by atoms with Crippen molar-refractivity contribution in [3.05, 3.63) is 95.6 Å². The normalized spacial score (nSPS) is 11.0. The number of carbonyl (C=O) groups is 1. The SMILES string of the molecule is CCc1ccc(OCCCn2c(CCCNC(=O)c3ccccc3F)nc3ccccc32)cc1. The largest absolute Gasteiger partial charge is 0.494 e. The molecule has 5 nitrogen and oxygen atoms in total. The maximum Gasteiger partial charge on any atom is 0.254 e. The van der Waals surface area contributed by atoms with Crippen LogP contribution in [0.1, 0.15) is 41.5 Å².